The Hall–Kier alpha value is -5.51. The number of rotatable bonds is 13. The number of azide groups is 2. The second-order valence-corrected chi connectivity index (χ2v) is 10.8. The third kappa shape index (κ3) is 7.23. The summed E-state index contributed by atoms with van der Waals surface area (Å²) in [5.41, 5.74) is 20.0. The Bertz CT molecular complexity index is 1820. The zero-order valence-corrected chi connectivity index (χ0v) is 25.3. The molecule has 1 heterocycles. The summed E-state index contributed by atoms with van der Waals surface area (Å²) < 4.78 is 12.2. The summed E-state index contributed by atoms with van der Waals surface area (Å²) in [6.45, 7) is 0.546. The van der Waals surface area contributed by atoms with Crippen LogP contribution in [-0.4, -0.2) is 35.7 Å². The number of nitrogens with one attached hydrogen (secondary N) is 1. The summed E-state index contributed by atoms with van der Waals surface area (Å²) in [4.78, 5) is 25.5. The Morgan fingerprint density at radius 3 is 2.35 bits per heavy atom. The summed E-state index contributed by atoms with van der Waals surface area (Å²) in [6, 6.07) is 27.9. The van der Waals surface area contributed by atoms with Gasteiger partial charge in [0.1, 0.15) is 5.75 Å². The number of ether oxygens (including phenoxy) is 2. The predicted octanol–water partition coefficient (Wildman–Crippen LogP) is 7.80. The third-order valence-corrected chi connectivity index (χ3v) is 7.62. The van der Waals surface area contributed by atoms with Gasteiger partial charge in [0.2, 0.25) is 5.90 Å². The normalized spacial score (nSPS) is 16.7. The van der Waals surface area contributed by atoms with Crippen LogP contribution in [0.5, 0.6) is 5.75 Å². The number of benzene rings is 4. The van der Waals surface area contributed by atoms with Crippen molar-refractivity contribution in [3.8, 4) is 5.75 Å². The van der Waals surface area contributed by atoms with Crippen LogP contribution in [0.4, 0.5) is 11.4 Å². The molecule has 2 N–H and O–H groups in total. The molecule has 0 aromatic heterocycles. The van der Waals surface area contributed by atoms with Gasteiger partial charge in [0.05, 0.1) is 6.61 Å². The van der Waals surface area contributed by atoms with Crippen molar-refractivity contribution < 1.29 is 19.4 Å². The number of carbonyl (C=O) groups is 1. The smallest absolute Gasteiger partial charge is 0.252 e. The number of amides is 1. The maximum Gasteiger partial charge on any atom is 0.252 e. The van der Waals surface area contributed by atoms with E-state index in [0.717, 1.165) is 5.56 Å². The summed E-state index contributed by atoms with van der Waals surface area (Å²) in [7, 11) is 0. The first-order valence-corrected chi connectivity index (χ1v) is 14.8. The van der Waals surface area contributed by atoms with Crippen molar-refractivity contribution in [1.29, 1.82) is 0 Å². The molecule has 0 radical (unpaired) electrons. The Balaban J connectivity index is 1.64. The van der Waals surface area contributed by atoms with E-state index in [-0.39, 0.29) is 31.2 Å². The highest BCUT2D eigenvalue weighted by Gasteiger charge is 2.54. The molecule has 232 valence electrons. The number of hydrogen-bond acceptors (Lipinski definition) is 7. The summed E-state index contributed by atoms with van der Waals surface area (Å²) in [5, 5.41) is 20.4. The molecule has 0 saturated carbocycles. The molecule has 0 saturated heterocycles. The van der Waals surface area contributed by atoms with Gasteiger partial charge in [0.25, 0.3) is 5.91 Å². The number of aliphatic hydroxyl groups excluding tert-OH is 1. The fraction of sp³-hybridized carbons (Fsp3) is 0.212. The number of aliphatic hydroxyl groups is 1. The zero-order chi connectivity index (χ0) is 32.4. The highest BCUT2D eigenvalue weighted by molar-refractivity contribution is 6.30. The molecular formula is C33H29ClN8O4. The monoisotopic (exact) mass is 636 g/mol. The van der Waals surface area contributed by atoms with Crippen LogP contribution in [0, 0.1) is 0 Å². The van der Waals surface area contributed by atoms with E-state index in [1.54, 1.807) is 84.9 Å². The molecule has 4 aromatic rings. The predicted molar refractivity (Wildman–Crippen MR) is 174 cm³/mol. The number of hydrogen-bond donors (Lipinski definition) is 2. The molecule has 46 heavy (non-hydrogen) atoms. The van der Waals surface area contributed by atoms with Gasteiger partial charge < -0.3 is 19.9 Å². The Kier molecular flexibility index (Phi) is 10.4. The van der Waals surface area contributed by atoms with E-state index >= 15 is 0 Å². The fourth-order valence-electron chi connectivity index (χ4n) is 5.14. The van der Waals surface area contributed by atoms with Gasteiger partial charge >= 0.3 is 0 Å². The van der Waals surface area contributed by atoms with Crippen molar-refractivity contribution in [2.75, 3.05) is 13.2 Å². The minimum absolute atomic E-state index is 0.0181. The van der Waals surface area contributed by atoms with Crippen molar-refractivity contribution >= 4 is 34.8 Å². The first-order valence-electron chi connectivity index (χ1n) is 14.4. The molecule has 1 amide bonds. The molecule has 4 aromatic carbocycles. The first-order chi connectivity index (χ1) is 22.5. The molecule has 1 aliphatic heterocycles. The second kappa shape index (κ2) is 15.0. The average Bonchev–Trinajstić information content (AvgIpc) is 3.46. The molecule has 0 aliphatic carbocycles. The SMILES string of the molecule is [N-]=[N+]=Nc1ccccc1C[C@@]1(C(=O)NCc2ccc(Cl)cc2)N=C(c2ccc(OCCCO)cc2)O[C@@H]1c1ccccc1N=[N+]=[N-]. The molecule has 1 aliphatic rings. The maximum absolute atomic E-state index is 14.5. The first kappa shape index (κ1) is 31.9. The average molecular weight is 637 g/mol. The highest BCUT2D eigenvalue weighted by Crippen LogP contribution is 2.46. The van der Waals surface area contributed by atoms with Crippen LogP contribution in [0.1, 0.15) is 34.8 Å². The summed E-state index contributed by atoms with van der Waals surface area (Å²) >= 11 is 6.07. The lowest BCUT2D eigenvalue weighted by atomic mass is 9.81. The van der Waals surface area contributed by atoms with E-state index in [0.29, 0.717) is 46.2 Å². The second-order valence-electron chi connectivity index (χ2n) is 10.3. The van der Waals surface area contributed by atoms with E-state index in [2.05, 4.69) is 25.4 Å². The Morgan fingerprint density at radius 1 is 0.957 bits per heavy atom. The minimum atomic E-state index is -1.64. The molecule has 5 rings (SSSR count). The van der Waals surface area contributed by atoms with Crippen LogP contribution in [-0.2, 0) is 22.5 Å². The van der Waals surface area contributed by atoms with Crippen LogP contribution in [0.15, 0.2) is 112 Å². The molecule has 0 fully saturated rings. The maximum atomic E-state index is 14.5. The van der Waals surface area contributed by atoms with Crippen molar-refractivity contribution in [2.45, 2.75) is 31.0 Å². The van der Waals surface area contributed by atoms with Crippen molar-refractivity contribution in [2.24, 2.45) is 15.2 Å². The van der Waals surface area contributed by atoms with Gasteiger partial charge in [-0.3, -0.25) is 4.79 Å². The number of nitrogens with zero attached hydrogens (tertiary/aromatic N) is 7. The van der Waals surface area contributed by atoms with Gasteiger partial charge in [-0.15, -0.1) is 0 Å². The largest absolute Gasteiger partial charge is 0.494 e. The van der Waals surface area contributed by atoms with Crippen LogP contribution in [0.25, 0.3) is 20.9 Å². The van der Waals surface area contributed by atoms with Gasteiger partial charge in [0.15, 0.2) is 11.6 Å². The summed E-state index contributed by atoms with van der Waals surface area (Å²) in [5.74, 6) is 0.319. The van der Waals surface area contributed by atoms with E-state index in [1.807, 2.05) is 12.1 Å². The van der Waals surface area contributed by atoms with E-state index in [9.17, 15) is 15.9 Å². The van der Waals surface area contributed by atoms with E-state index in [4.69, 9.17) is 31.2 Å². The van der Waals surface area contributed by atoms with Gasteiger partial charge in [-0.2, -0.15) is 0 Å². The quantitative estimate of drug-likeness (QED) is 0.0658. The van der Waals surface area contributed by atoms with Gasteiger partial charge in [-0.1, -0.05) is 82.5 Å². The molecule has 12 nitrogen and oxygen atoms in total. The lowest BCUT2D eigenvalue weighted by molar-refractivity contribution is -0.129. The standard InChI is InChI=1S/C33H29ClN8O4/c34-25-14-10-22(11-15-25)21-37-32(44)33(20-24-6-1-3-8-28(24)39-41-35)30(27-7-2-4-9-29(27)40-42-36)46-31(38-33)23-12-16-26(17-13-23)45-19-5-18-43/h1-4,6-17,30,43H,5,18-21H2,(H,37,44)/t30-,33-/m1/s1. The van der Waals surface area contributed by atoms with Gasteiger partial charge in [0, 0.05) is 63.3 Å². The molecule has 0 spiro atoms. The van der Waals surface area contributed by atoms with Crippen molar-refractivity contribution in [3.63, 3.8) is 0 Å². The molecule has 13 heteroatoms. The highest BCUT2D eigenvalue weighted by atomic mass is 35.5. The lowest BCUT2D eigenvalue weighted by Crippen LogP contribution is -2.49. The number of halogens is 1. The van der Waals surface area contributed by atoms with Crippen LogP contribution in [0.3, 0.4) is 0 Å². The topological polar surface area (TPSA) is 178 Å². The van der Waals surface area contributed by atoms with Crippen LogP contribution < -0.4 is 10.1 Å². The third-order valence-electron chi connectivity index (χ3n) is 7.37. The number of aliphatic imine (C=N–C) groups is 1. The Morgan fingerprint density at radius 2 is 1.63 bits per heavy atom. The van der Waals surface area contributed by atoms with E-state index < -0.39 is 17.6 Å². The molecular weight excluding hydrogens is 608 g/mol. The number of carbonyl (C=O) groups excluding carboxylic acids is 1. The van der Waals surface area contributed by atoms with Crippen molar-refractivity contribution in [3.05, 3.63) is 145 Å². The zero-order valence-electron chi connectivity index (χ0n) is 24.5. The van der Waals surface area contributed by atoms with Gasteiger partial charge in [-0.25, -0.2) is 4.99 Å². The Labute approximate surface area is 269 Å². The van der Waals surface area contributed by atoms with Crippen LogP contribution >= 0.6 is 11.6 Å². The molecule has 2 atom stereocenters. The fourth-order valence-corrected chi connectivity index (χ4v) is 5.27. The molecule has 0 unspecified atom stereocenters. The molecule has 0 bridgehead atoms. The summed E-state index contributed by atoms with van der Waals surface area (Å²) in [6.07, 6.45) is -0.570. The van der Waals surface area contributed by atoms with Gasteiger partial charge in [-0.05, 0) is 58.6 Å². The van der Waals surface area contributed by atoms with E-state index in [1.165, 1.54) is 0 Å². The minimum Gasteiger partial charge on any atom is -0.494 e. The lowest BCUT2D eigenvalue weighted by Gasteiger charge is -2.31. The van der Waals surface area contributed by atoms with Crippen molar-refractivity contribution in [1.82, 2.24) is 5.32 Å². The van der Waals surface area contributed by atoms with Crippen LogP contribution in [0.2, 0.25) is 5.02 Å².